The molecule has 0 atom stereocenters. The van der Waals surface area contributed by atoms with Gasteiger partial charge in [0.2, 0.25) is 9.84 Å². The first-order valence-electron chi connectivity index (χ1n) is 12.9. The van der Waals surface area contributed by atoms with Crippen molar-refractivity contribution in [1.29, 1.82) is 0 Å². The molecule has 0 radical (unpaired) electrons. The Kier molecular flexibility index (Phi) is 11.8. The van der Waals surface area contributed by atoms with E-state index in [1.165, 1.54) is 66.8 Å². The average Bonchev–Trinajstić information content (AvgIpc) is 2.99. The van der Waals surface area contributed by atoms with Gasteiger partial charge in [0.1, 0.15) is 17.2 Å². The van der Waals surface area contributed by atoms with Crippen LogP contribution in [-0.4, -0.2) is 39.5 Å². The van der Waals surface area contributed by atoms with Crippen molar-refractivity contribution in [2.45, 2.75) is 29.6 Å². The Balaban J connectivity index is 1.48. The highest BCUT2D eigenvalue weighted by Crippen LogP contribution is 2.25. The summed E-state index contributed by atoms with van der Waals surface area (Å²) in [4.78, 5) is 34.8. The molecular weight excluding hydrogens is 560 g/mol. The zero-order valence-electron chi connectivity index (χ0n) is 22.9. The maximum atomic E-state index is 13.0. The summed E-state index contributed by atoms with van der Waals surface area (Å²) in [6.45, 7) is 5.79. The number of rotatable bonds is 14. The maximum Gasteiger partial charge on any atom is 0.336 e. The molecule has 42 heavy (non-hydrogen) atoms. The molecule has 3 aromatic carbocycles. The van der Waals surface area contributed by atoms with Crippen LogP contribution < -0.4 is 14.2 Å². The van der Waals surface area contributed by atoms with Gasteiger partial charge in [-0.1, -0.05) is 24.8 Å². The van der Waals surface area contributed by atoms with E-state index in [0.717, 1.165) is 11.6 Å². The number of sulfone groups is 1. The summed E-state index contributed by atoms with van der Waals surface area (Å²) in [6, 6.07) is 18.0. The smallest absolute Gasteiger partial charge is 0.336 e. The highest BCUT2D eigenvalue weighted by Gasteiger charge is 2.18. The summed E-state index contributed by atoms with van der Waals surface area (Å²) < 4.78 is 46.8. The minimum atomic E-state index is -3.84. The Labute approximate surface area is 244 Å². The third-order valence-electron chi connectivity index (χ3n) is 5.52. The lowest BCUT2D eigenvalue weighted by molar-refractivity contribution is -0.138. The van der Waals surface area contributed by atoms with Crippen LogP contribution in [0.2, 0.25) is 0 Å². The van der Waals surface area contributed by atoms with Crippen LogP contribution >= 0.6 is 0 Å². The first kappa shape index (κ1) is 31.6. The van der Waals surface area contributed by atoms with Gasteiger partial charge in [-0.15, -0.1) is 0 Å². The highest BCUT2D eigenvalue weighted by atomic mass is 32.2. The molecule has 0 fully saturated rings. The first-order chi connectivity index (χ1) is 20.2. The number of carbonyl (C=O) groups excluding carboxylic acids is 3. The molecule has 0 saturated carbocycles. The molecule has 9 nitrogen and oxygen atoms in total. The SMILES string of the molecule is C=CC(=O)OCCCCOc1ccc(/C=C/C(=O)Oc2ccc(S(=O)(=O)c3ccc(OC(=O)/C=C/C)cc3)cc2)cc1. The highest BCUT2D eigenvalue weighted by molar-refractivity contribution is 7.91. The van der Waals surface area contributed by atoms with E-state index in [4.69, 9.17) is 18.9 Å². The van der Waals surface area contributed by atoms with Crippen LogP contribution in [0.3, 0.4) is 0 Å². The van der Waals surface area contributed by atoms with Crippen molar-refractivity contribution >= 4 is 33.8 Å². The van der Waals surface area contributed by atoms with Crippen molar-refractivity contribution in [3.05, 3.63) is 109 Å². The minimum absolute atomic E-state index is 0.00920. The molecule has 0 amide bonds. The molecule has 218 valence electrons. The summed E-state index contributed by atoms with van der Waals surface area (Å²) >= 11 is 0. The lowest BCUT2D eigenvalue weighted by Crippen LogP contribution is -2.06. The number of carbonyl (C=O) groups is 3. The predicted octanol–water partition coefficient (Wildman–Crippen LogP) is 5.51. The summed E-state index contributed by atoms with van der Waals surface area (Å²) in [5.74, 6) is -0.584. The summed E-state index contributed by atoms with van der Waals surface area (Å²) in [5.41, 5.74) is 0.750. The Bertz CT molecular complexity index is 1530. The Morgan fingerprint density at radius 2 is 1.19 bits per heavy atom. The minimum Gasteiger partial charge on any atom is -0.494 e. The van der Waals surface area contributed by atoms with Crippen LogP contribution in [0.15, 0.2) is 113 Å². The second-order valence-electron chi connectivity index (χ2n) is 8.62. The van der Waals surface area contributed by atoms with E-state index in [-0.39, 0.29) is 21.3 Å². The lowest BCUT2D eigenvalue weighted by atomic mass is 10.2. The molecule has 0 unspecified atom stereocenters. The van der Waals surface area contributed by atoms with Crippen LogP contribution in [0.4, 0.5) is 0 Å². The van der Waals surface area contributed by atoms with Gasteiger partial charge in [0.25, 0.3) is 0 Å². The summed E-state index contributed by atoms with van der Waals surface area (Å²) in [7, 11) is -3.84. The maximum absolute atomic E-state index is 13.0. The molecule has 0 aliphatic heterocycles. The van der Waals surface area contributed by atoms with Crippen LogP contribution in [0.1, 0.15) is 25.3 Å². The van der Waals surface area contributed by atoms with Gasteiger partial charge < -0.3 is 18.9 Å². The average molecular weight is 591 g/mol. The quantitative estimate of drug-likeness (QED) is 0.104. The van der Waals surface area contributed by atoms with Crippen molar-refractivity contribution in [3.8, 4) is 17.2 Å². The molecule has 3 rings (SSSR count). The zero-order chi connectivity index (χ0) is 30.4. The van der Waals surface area contributed by atoms with Crippen LogP contribution in [0, 0.1) is 0 Å². The van der Waals surface area contributed by atoms with Gasteiger partial charge in [0.15, 0.2) is 0 Å². The van der Waals surface area contributed by atoms with Crippen molar-refractivity contribution in [3.63, 3.8) is 0 Å². The van der Waals surface area contributed by atoms with Crippen molar-refractivity contribution in [2.75, 3.05) is 13.2 Å². The molecule has 0 spiro atoms. The molecule has 0 aromatic heterocycles. The predicted molar refractivity (Wildman–Crippen MR) is 156 cm³/mol. The van der Waals surface area contributed by atoms with E-state index in [1.807, 2.05) is 0 Å². The van der Waals surface area contributed by atoms with Gasteiger partial charge in [0.05, 0.1) is 23.0 Å². The first-order valence-corrected chi connectivity index (χ1v) is 14.4. The molecule has 0 N–H and O–H groups in total. The van der Waals surface area contributed by atoms with E-state index in [1.54, 1.807) is 37.3 Å². The Hall–Kier alpha value is -4.96. The van der Waals surface area contributed by atoms with E-state index in [9.17, 15) is 22.8 Å². The third kappa shape index (κ3) is 9.90. The summed E-state index contributed by atoms with van der Waals surface area (Å²) in [5, 5.41) is 0. The molecule has 0 heterocycles. The molecule has 3 aromatic rings. The second-order valence-corrected chi connectivity index (χ2v) is 10.6. The van der Waals surface area contributed by atoms with E-state index >= 15 is 0 Å². The van der Waals surface area contributed by atoms with Crippen LogP contribution in [-0.2, 0) is 29.0 Å². The van der Waals surface area contributed by atoms with Gasteiger partial charge in [-0.3, -0.25) is 0 Å². The molecule has 0 saturated heterocycles. The molecular formula is C32H30O9S. The Morgan fingerprint density at radius 3 is 1.71 bits per heavy atom. The van der Waals surface area contributed by atoms with Gasteiger partial charge >= 0.3 is 17.9 Å². The normalized spacial score (nSPS) is 11.3. The van der Waals surface area contributed by atoms with Crippen molar-refractivity contribution < 1.29 is 41.7 Å². The van der Waals surface area contributed by atoms with Crippen molar-refractivity contribution in [1.82, 2.24) is 0 Å². The molecule has 0 aliphatic carbocycles. The number of allylic oxidation sites excluding steroid dienone is 1. The van der Waals surface area contributed by atoms with Crippen LogP contribution in [0.5, 0.6) is 17.2 Å². The van der Waals surface area contributed by atoms with Gasteiger partial charge in [-0.2, -0.15) is 0 Å². The number of hydrogen-bond acceptors (Lipinski definition) is 9. The number of benzene rings is 3. The zero-order valence-corrected chi connectivity index (χ0v) is 23.7. The van der Waals surface area contributed by atoms with Gasteiger partial charge in [-0.05, 0) is 92.1 Å². The molecule has 0 aliphatic rings. The monoisotopic (exact) mass is 590 g/mol. The third-order valence-corrected chi connectivity index (χ3v) is 7.30. The second kappa shape index (κ2) is 15.7. The van der Waals surface area contributed by atoms with E-state index in [0.29, 0.717) is 31.8 Å². The number of ether oxygens (including phenoxy) is 4. The topological polar surface area (TPSA) is 122 Å². The fourth-order valence-electron chi connectivity index (χ4n) is 3.41. The van der Waals surface area contributed by atoms with Gasteiger partial charge in [-0.25, -0.2) is 22.8 Å². The molecule has 10 heteroatoms. The number of esters is 3. The Morgan fingerprint density at radius 1 is 0.690 bits per heavy atom. The fraction of sp³-hybridized carbons (Fsp3) is 0.156. The number of unbranched alkanes of at least 4 members (excludes halogenated alkanes) is 1. The van der Waals surface area contributed by atoms with Crippen molar-refractivity contribution in [2.24, 2.45) is 0 Å². The fourth-order valence-corrected chi connectivity index (χ4v) is 4.67. The number of hydrogen-bond donors (Lipinski definition) is 0. The summed E-state index contributed by atoms with van der Waals surface area (Å²) in [6.07, 6.45) is 8.14. The largest absolute Gasteiger partial charge is 0.494 e. The van der Waals surface area contributed by atoms with Gasteiger partial charge in [0, 0.05) is 18.2 Å². The molecule has 0 bridgehead atoms. The van der Waals surface area contributed by atoms with E-state index in [2.05, 4.69) is 6.58 Å². The van der Waals surface area contributed by atoms with Crippen LogP contribution in [0.25, 0.3) is 6.08 Å². The van der Waals surface area contributed by atoms with E-state index < -0.39 is 27.7 Å². The lowest BCUT2D eigenvalue weighted by Gasteiger charge is -2.07. The standard InChI is InChI=1S/C32H30O9S/c1-3-7-31(34)40-26-13-17-28(18-14-26)42(36,37)29-19-15-27(16-20-29)41-32(35)21-10-24-8-11-25(12-9-24)38-22-5-6-23-39-30(33)4-2/h3-4,7-21H,2,5-6,22-23H2,1H3/b7-3+,21-10+.